The van der Waals surface area contributed by atoms with Crippen molar-refractivity contribution in [3.05, 3.63) is 23.8 Å². The van der Waals surface area contributed by atoms with E-state index < -0.39 is 10.0 Å². The Labute approximate surface area is 131 Å². The molecule has 1 aromatic carbocycles. The number of thioether (sulfide) groups is 1. The van der Waals surface area contributed by atoms with Gasteiger partial charge in [0.05, 0.1) is 4.90 Å². The smallest absolute Gasteiger partial charge is 0.240 e. The number of hydrogen-bond acceptors (Lipinski definition) is 4. The Morgan fingerprint density at radius 2 is 2.14 bits per heavy atom. The quantitative estimate of drug-likeness (QED) is 0.893. The lowest BCUT2D eigenvalue weighted by Crippen LogP contribution is -2.38. The number of fused-ring (bicyclic) bond motifs is 1. The van der Waals surface area contributed by atoms with Crippen LogP contribution < -0.4 is 10.0 Å². The number of benzene rings is 1. The summed E-state index contributed by atoms with van der Waals surface area (Å²) in [6.45, 7) is 0.918. The van der Waals surface area contributed by atoms with Crippen molar-refractivity contribution in [2.75, 3.05) is 18.1 Å². The van der Waals surface area contributed by atoms with E-state index in [1.165, 1.54) is 5.56 Å². The molecule has 1 fully saturated rings. The van der Waals surface area contributed by atoms with Crippen LogP contribution in [0.25, 0.3) is 0 Å². The summed E-state index contributed by atoms with van der Waals surface area (Å²) in [4.78, 5) is 0.377. The van der Waals surface area contributed by atoms with Gasteiger partial charge in [-0.05, 0) is 49.6 Å². The molecule has 0 aromatic heterocycles. The van der Waals surface area contributed by atoms with Gasteiger partial charge >= 0.3 is 0 Å². The van der Waals surface area contributed by atoms with E-state index in [4.69, 9.17) is 0 Å². The fourth-order valence-electron chi connectivity index (χ4n) is 3.22. The molecule has 1 aliphatic carbocycles. The first-order valence-electron chi connectivity index (χ1n) is 7.52. The highest BCUT2D eigenvalue weighted by Crippen LogP contribution is 2.30. The van der Waals surface area contributed by atoms with E-state index >= 15 is 0 Å². The molecule has 2 unspecified atom stereocenters. The van der Waals surface area contributed by atoms with Gasteiger partial charge in [-0.3, -0.25) is 0 Å². The first-order valence-corrected chi connectivity index (χ1v) is 10.3. The monoisotopic (exact) mass is 326 g/mol. The molecule has 0 spiro atoms. The largest absolute Gasteiger partial charge is 0.385 e. The molecule has 6 heteroatoms. The van der Waals surface area contributed by atoms with E-state index in [1.807, 2.05) is 6.07 Å². The molecular weight excluding hydrogens is 304 g/mol. The molecule has 1 saturated carbocycles. The Bertz CT molecular complexity index is 616. The van der Waals surface area contributed by atoms with Gasteiger partial charge in [0.25, 0.3) is 0 Å². The zero-order chi connectivity index (χ0) is 14.9. The van der Waals surface area contributed by atoms with Crippen LogP contribution >= 0.6 is 11.8 Å². The molecule has 116 valence electrons. The highest BCUT2D eigenvalue weighted by Gasteiger charge is 2.31. The maximum absolute atomic E-state index is 12.6. The van der Waals surface area contributed by atoms with Crippen LogP contribution in [0.1, 0.15) is 31.2 Å². The van der Waals surface area contributed by atoms with E-state index in [0.29, 0.717) is 10.1 Å². The Balaban J connectivity index is 1.81. The topological polar surface area (TPSA) is 58.2 Å². The molecule has 2 atom stereocenters. The van der Waals surface area contributed by atoms with Crippen molar-refractivity contribution in [3.8, 4) is 0 Å². The minimum absolute atomic E-state index is 0.0639. The van der Waals surface area contributed by atoms with Gasteiger partial charge in [-0.25, -0.2) is 13.1 Å². The average Bonchev–Trinajstić information content (AvgIpc) is 2.93. The molecule has 0 bridgehead atoms. The second-order valence-electron chi connectivity index (χ2n) is 5.78. The third-order valence-electron chi connectivity index (χ3n) is 4.39. The standard InChI is InChI=1S/C15H22N2O2S2/c1-20-15-6-2-5-13(15)17-21(18,19)12-8-7-11-4-3-9-16-14(11)10-12/h7-8,10,13,15-17H,2-6,9H2,1H3. The maximum atomic E-state index is 12.6. The number of anilines is 1. The Hall–Kier alpha value is -0.720. The number of nitrogens with one attached hydrogen (secondary N) is 2. The molecule has 2 aliphatic rings. The summed E-state index contributed by atoms with van der Waals surface area (Å²) < 4.78 is 28.1. The summed E-state index contributed by atoms with van der Waals surface area (Å²) in [5, 5.41) is 3.69. The lowest BCUT2D eigenvalue weighted by atomic mass is 10.0. The zero-order valence-corrected chi connectivity index (χ0v) is 13.9. The molecule has 1 heterocycles. The molecule has 4 nitrogen and oxygen atoms in total. The van der Waals surface area contributed by atoms with Crippen LogP contribution in [-0.4, -0.2) is 32.5 Å². The third-order valence-corrected chi connectivity index (χ3v) is 7.05. The molecular formula is C15H22N2O2S2. The van der Waals surface area contributed by atoms with Crippen molar-refractivity contribution >= 4 is 27.5 Å². The van der Waals surface area contributed by atoms with E-state index in [1.54, 1.807) is 23.9 Å². The van der Waals surface area contributed by atoms with Crippen LogP contribution in [0.15, 0.2) is 23.1 Å². The van der Waals surface area contributed by atoms with Crippen molar-refractivity contribution in [2.45, 2.75) is 48.3 Å². The van der Waals surface area contributed by atoms with Crippen molar-refractivity contribution in [1.82, 2.24) is 4.72 Å². The van der Waals surface area contributed by atoms with Crippen molar-refractivity contribution < 1.29 is 8.42 Å². The van der Waals surface area contributed by atoms with Gasteiger partial charge in [0.2, 0.25) is 10.0 Å². The van der Waals surface area contributed by atoms with Gasteiger partial charge in [-0.15, -0.1) is 0 Å². The summed E-state index contributed by atoms with van der Waals surface area (Å²) in [5.41, 5.74) is 2.18. The molecule has 3 rings (SSSR count). The highest BCUT2D eigenvalue weighted by atomic mass is 32.2. The van der Waals surface area contributed by atoms with Crippen LogP contribution in [0.2, 0.25) is 0 Å². The summed E-state index contributed by atoms with van der Waals surface area (Å²) >= 11 is 1.76. The normalized spacial score (nSPS) is 25.4. The van der Waals surface area contributed by atoms with Crippen molar-refractivity contribution in [1.29, 1.82) is 0 Å². The minimum Gasteiger partial charge on any atom is -0.385 e. The fourth-order valence-corrected chi connectivity index (χ4v) is 5.58. The molecule has 21 heavy (non-hydrogen) atoms. The Morgan fingerprint density at radius 1 is 1.29 bits per heavy atom. The van der Waals surface area contributed by atoms with E-state index in [0.717, 1.165) is 44.3 Å². The molecule has 2 N–H and O–H groups in total. The molecule has 0 saturated heterocycles. The average molecular weight is 326 g/mol. The second kappa shape index (κ2) is 6.18. The van der Waals surface area contributed by atoms with Gasteiger partial charge in [-0.1, -0.05) is 12.5 Å². The summed E-state index contributed by atoms with van der Waals surface area (Å²) in [6.07, 6.45) is 7.32. The van der Waals surface area contributed by atoms with E-state index in [2.05, 4.69) is 16.3 Å². The molecule has 0 amide bonds. The van der Waals surface area contributed by atoms with Crippen LogP contribution in [-0.2, 0) is 16.4 Å². The summed E-state index contributed by atoms with van der Waals surface area (Å²) in [6, 6.07) is 5.52. The minimum atomic E-state index is -3.42. The molecule has 1 aromatic rings. The number of hydrogen-bond donors (Lipinski definition) is 2. The SMILES string of the molecule is CSC1CCCC1NS(=O)(=O)c1ccc2c(c1)NCCC2. The van der Waals surface area contributed by atoms with Crippen molar-refractivity contribution in [3.63, 3.8) is 0 Å². The Kier molecular flexibility index (Phi) is 4.47. The van der Waals surface area contributed by atoms with Crippen LogP contribution in [0.3, 0.4) is 0 Å². The lowest BCUT2D eigenvalue weighted by molar-refractivity contribution is 0.555. The molecule has 1 aliphatic heterocycles. The first-order chi connectivity index (χ1) is 10.1. The van der Waals surface area contributed by atoms with Crippen LogP contribution in [0, 0.1) is 0 Å². The predicted octanol–water partition coefficient (Wildman–Crippen LogP) is 2.61. The fraction of sp³-hybridized carbons (Fsp3) is 0.600. The predicted molar refractivity (Wildman–Crippen MR) is 88.5 cm³/mol. The number of sulfonamides is 1. The first kappa shape index (κ1) is 15.2. The summed E-state index contributed by atoms with van der Waals surface area (Å²) in [5.74, 6) is 0. The molecule has 0 radical (unpaired) electrons. The van der Waals surface area contributed by atoms with Gasteiger partial charge in [0, 0.05) is 23.5 Å². The third kappa shape index (κ3) is 3.22. The second-order valence-corrected chi connectivity index (χ2v) is 8.57. The number of aryl methyl sites for hydroxylation is 1. The van der Waals surface area contributed by atoms with Crippen LogP contribution in [0.5, 0.6) is 0 Å². The van der Waals surface area contributed by atoms with Gasteiger partial charge < -0.3 is 5.32 Å². The maximum Gasteiger partial charge on any atom is 0.240 e. The van der Waals surface area contributed by atoms with E-state index in [9.17, 15) is 8.42 Å². The zero-order valence-electron chi connectivity index (χ0n) is 12.3. The summed E-state index contributed by atoms with van der Waals surface area (Å²) in [7, 11) is -3.42. The number of rotatable bonds is 4. The van der Waals surface area contributed by atoms with Gasteiger partial charge in [-0.2, -0.15) is 11.8 Å². The van der Waals surface area contributed by atoms with Crippen molar-refractivity contribution in [2.24, 2.45) is 0 Å². The van der Waals surface area contributed by atoms with E-state index in [-0.39, 0.29) is 6.04 Å². The lowest BCUT2D eigenvalue weighted by Gasteiger charge is -2.21. The van der Waals surface area contributed by atoms with Crippen LogP contribution in [0.4, 0.5) is 5.69 Å². The van der Waals surface area contributed by atoms with Gasteiger partial charge in [0.15, 0.2) is 0 Å². The van der Waals surface area contributed by atoms with Gasteiger partial charge in [0.1, 0.15) is 0 Å². The highest BCUT2D eigenvalue weighted by molar-refractivity contribution is 7.99. The Morgan fingerprint density at radius 3 is 2.95 bits per heavy atom.